The van der Waals surface area contributed by atoms with Gasteiger partial charge in [0, 0.05) is 48.9 Å². The van der Waals surface area contributed by atoms with Crippen LogP contribution in [0.25, 0.3) is 22.3 Å². The minimum atomic E-state index is -0.523. The molecule has 1 fully saturated rings. The third-order valence-electron chi connectivity index (χ3n) is 7.45. The van der Waals surface area contributed by atoms with E-state index in [1.54, 1.807) is 13.1 Å². The van der Waals surface area contributed by atoms with E-state index in [0.717, 1.165) is 48.7 Å². The molecule has 2 N–H and O–H groups in total. The number of fused-ring (bicyclic) bond motifs is 3. The van der Waals surface area contributed by atoms with Crippen LogP contribution in [0, 0.1) is 17.1 Å². The van der Waals surface area contributed by atoms with Crippen LogP contribution in [0.5, 0.6) is 0 Å². The fourth-order valence-electron chi connectivity index (χ4n) is 5.15. The molecule has 1 saturated heterocycles. The van der Waals surface area contributed by atoms with Crippen molar-refractivity contribution >= 4 is 44.6 Å². The zero-order chi connectivity index (χ0) is 27.1. The fourth-order valence-corrected chi connectivity index (χ4v) is 6.14. The molecule has 0 spiro atoms. The number of piperazine rings is 1. The van der Waals surface area contributed by atoms with Gasteiger partial charge in [0.15, 0.2) is 5.82 Å². The van der Waals surface area contributed by atoms with Gasteiger partial charge in [-0.25, -0.2) is 18.7 Å². The summed E-state index contributed by atoms with van der Waals surface area (Å²) in [4.78, 5) is 13.8. The van der Waals surface area contributed by atoms with Gasteiger partial charge < -0.3 is 20.3 Å². The fraction of sp³-hybridized carbons (Fsp3) is 0.393. The zero-order valence-corrected chi connectivity index (χ0v) is 22.8. The van der Waals surface area contributed by atoms with Crippen LogP contribution in [0.3, 0.4) is 0 Å². The van der Waals surface area contributed by atoms with Crippen LogP contribution < -0.4 is 10.6 Å². The van der Waals surface area contributed by atoms with Gasteiger partial charge in [0.25, 0.3) is 0 Å². The Morgan fingerprint density at radius 2 is 1.95 bits per heavy atom. The predicted octanol–water partition coefficient (Wildman–Crippen LogP) is 5.63. The van der Waals surface area contributed by atoms with Crippen LogP contribution >= 0.6 is 11.3 Å². The van der Waals surface area contributed by atoms with Gasteiger partial charge >= 0.3 is 0 Å². The van der Waals surface area contributed by atoms with Gasteiger partial charge in [0.05, 0.1) is 23.7 Å². The SMILES string of the molecule is C/C=C(/F)c1sc(N)c(C#N)c1/C(=C(\C)CC)c1c2c(c3cnc(N4CCN(C)CC4)nc3c1F)COC2. The number of hydrogen-bond acceptors (Lipinski definition) is 8. The van der Waals surface area contributed by atoms with E-state index < -0.39 is 11.6 Å². The molecular weight excluding hydrogens is 506 g/mol. The molecule has 0 saturated carbocycles. The molecule has 0 unspecified atom stereocenters. The summed E-state index contributed by atoms with van der Waals surface area (Å²) in [6.45, 7) is 9.12. The molecular formula is C28H30F2N6OS. The van der Waals surface area contributed by atoms with Gasteiger partial charge in [-0.05, 0) is 44.0 Å². The van der Waals surface area contributed by atoms with Crippen LogP contribution in [0.1, 0.15) is 59.9 Å². The maximum atomic E-state index is 16.8. The summed E-state index contributed by atoms with van der Waals surface area (Å²) < 4.78 is 37.7. The number of aromatic nitrogens is 2. The van der Waals surface area contributed by atoms with Gasteiger partial charge in [-0.15, -0.1) is 11.3 Å². The number of nitriles is 1. The molecule has 2 aliphatic rings. The number of allylic oxidation sites excluding steroid dienone is 2. The number of anilines is 2. The average Bonchev–Trinajstić information content (AvgIpc) is 3.54. The summed E-state index contributed by atoms with van der Waals surface area (Å²) in [5.74, 6) is -0.552. The Labute approximate surface area is 224 Å². The molecule has 198 valence electrons. The highest BCUT2D eigenvalue weighted by Gasteiger charge is 2.32. The molecule has 5 rings (SSSR count). The van der Waals surface area contributed by atoms with E-state index in [1.807, 2.05) is 13.8 Å². The minimum Gasteiger partial charge on any atom is -0.389 e. The molecule has 0 radical (unpaired) electrons. The number of nitrogens with two attached hydrogens (primary N) is 1. The molecule has 38 heavy (non-hydrogen) atoms. The summed E-state index contributed by atoms with van der Waals surface area (Å²) in [6, 6.07) is 2.14. The molecule has 10 heteroatoms. The van der Waals surface area contributed by atoms with Crippen molar-refractivity contribution in [3.05, 3.63) is 56.4 Å². The molecule has 7 nitrogen and oxygen atoms in total. The number of ether oxygens (including phenoxy) is 1. The largest absolute Gasteiger partial charge is 0.389 e. The second-order valence-corrected chi connectivity index (χ2v) is 10.7. The Kier molecular flexibility index (Phi) is 7.18. The number of likely N-dealkylation sites (N-methyl/N-ethyl adjacent to an activating group) is 1. The van der Waals surface area contributed by atoms with Gasteiger partial charge in [-0.3, -0.25) is 0 Å². The van der Waals surface area contributed by atoms with Crippen molar-refractivity contribution in [1.29, 1.82) is 5.26 Å². The maximum absolute atomic E-state index is 16.8. The van der Waals surface area contributed by atoms with Crippen molar-refractivity contribution in [1.82, 2.24) is 14.9 Å². The molecule has 4 heterocycles. The van der Waals surface area contributed by atoms with Gasteiger partial charge in [-0.2, -0.15) is 5.26 Å². The van der Waals surface area contributed by atoms with E-state index in [1.165, 1.54) is 6.08 Å². The summed E-state index contributed by atoms with van der Waals surface area (Å²) in [5.41, 5.74) is 9.94. The first-order valence-corrected chi connectivity index (χ1v) is 13.5. The van der Waals surface area contributed by atoms with Crippen molar-refractivity contribution in [2.75, 3.05) is 43.9 Å². The Bertz CT molecular complexity index is 1530. The Hall–Kier alpha value is -3.39. The first-order chi connectivity index (χ1) is 18.3. The van der Waals surface area contributed by atoms with Crippen molar-refractivity contribution in [3.8, 4) is 6.07 Å². The normalized spacial score (nSPS) is 17.1. The monoisotopic (exact) mass is 536 g/mol. The number of rotatable bonds is 5. The van der Waals surface area contributed by atoms with Crippen molar-refractivity contribution in [2.24, 2.45) is 0 Å². The highest BCUT2D eigenvalue weighted by atomic mass is 32.1. The van der Waals surface area contributed by atoms with Crippen LogP contribution in [0.2, 0.25) is 0 Å². The summed E-state index contributed by atoms with van der Waals surface area (Å²) in [5, 5.41) is 10.8. The number of benzene rings is 1. The number of nitrogen functional groups attached to an aromatic ring is 1. The topological polar surface area (TPSA) is 91.3 Å². The van der Waals surface area contributed by atoms with E-state index in [2.05, 4.69) is 27.9 Å². The lowest BCUT2D eigenvalue weighted by Crippen LogP contribution is -2.45. The average molecular weight is 537 g/mol. The molecule has 3 aromatic rings. The smallest absolute Gasteiger partial charge is 0.226 e. The predicted molar refractivity (Wildman–Crippen MR) is 148 cm³/mol. The number of nitrogens with zero attached hydrogens (tertiary/aromatic N) is 5. The lowest BCUT2D eigenvalue weighted by Gasteiger charge is -2.32. The van der Waals surface area contributed by atoms with Gasteiger partial charge in [-0.1, -0.05) is 18.6 Å². The lowest BCUT2D eigenvalue weighted by molar-refractivity contribution is 0.134. The minimum absolute atomic E-state index is 0.151. The second kappa shape index (κ2) is 10.4. The van der Waals surface area contributed by atoms with Crippen molar-refractivity contribution < 1.29 is 13.5 Å². The third kappa shape index (κ3) is 4.25. The van der Waals surface area contributed by atoms with Crippen LogP contribution in [0.4, 0.5) is 19.7 Å². The third-order valence-corrected chi connectivity index (χ3v) is 8.48. The van der Waals surface area contributed by atoms with E-state index in [4.69, 9.17) is 15.5 Å². The highest BCUT2D eigenvalue weighted by molar-refractivity contribution is 7.17. The Morgan fingerprint density at radius 1 is 1.24 bits per heavy atom. The number of hydrogen-bond donors (Lipinski definition) is 1. The van der Waals surface area contributed by atoms with Gasteiger partial charge in [0.2, 0.25) is 5.95 Å². The highest BCUT2D eigenvalue weighted by Crippen LogP contribution is 2.47. The molecule has 2 aromatic heterocycles. The van der Waals surface area contributed by atoms with E-state index >= 15 is 8.78 Å². The summed E-state index contributed by atoms with van der Waals surface area (Å²) in [7, 11) is 2.06. The zero-order valence-electron chi connectivity index (χ0n) is 22.0. The standard InChI is InChI=1S/C28H30F2N6OS/c1-5-15(3)21(23-16(11-31)27(32)38-26(23)20(29)6-2)22-19-14-37-13-18(19)17-12-33-28(34-25(17)24(22)30)36-9-7-35(4)8-10-36/h6,12H,5,7-10,13-14,32H2,1-4H3/b20-6+,21-15+. The molecule has 1 aromatic carbocycles. The lowest BCUT2D eigenvalue weighted by atomic mass is 9.85. The van der Waals surface area contributed by atoms with E-state index in [9.17, 15) is 5.26 Å². The first-order valence-electron chi connectivity index (χ1n) is 12.7. The number of halogens is 2. The summed E-state index contributed by atoms with van der Waals surface area (Å²) >= 11 is 1.00. The molecule has 0 aliphatic carbocycles. The van der Waals surface area contributed by atoms with Crippen LogP contribution in [-0.4, -0.2) is 48.1 Å². The maximum Gasteiger partial charge on any atom is 0.226 e. The molecule has 0 amide bonds. The Morgan fingerprint density at radius 3 is 2.61 bits per heavy atom. The molecule has 0 bridgehead atoms. The van der Waals surface area contributed by atoms with Crippen LogP contribution in [0.15, 0.2) is 17.8 Å². The Balaban J connectivity index is 1.82. The van der Waals surface area contributed by atoms with E-state index in [-0.39, 0.29) is 27.6 Å². The number of thiophene rings is 1. The van der Waals surface area contributed by atoms with E-state index in [0.29, 0.717) is 46.6 Å². The van der Waals surface area contributed by atoms with Crippen molar-refractivity contribution in [3.63, 3.8) is 0 Å². The molecule has 0 atom stereocenters. The second-order valence-electron chi connectivity index (χ2n) is 9.66. The summed E-state index contributed by atoms with van der Waals surface area (Å²) in [6.07, 6.45) is 3.57. The van der Waals surface area contributed by atoms with Crippen LogP contribution in [-0.2, 0) is 18.0 Å². The quantitative estimate of drug-likeness (QED) is 0.452. The first kappa shape index (κ1) is 26.2. The van der Waals surface area contributed by atoms with Crippen molar-refractivity contribution in [2.45, 2.75) is 40.4 Å². The van der Waals surface area contributed by atoms with Gasteiger partial charge in [0.1, 0.15) is 22.4 Å². The molecule has 2 aliphatic heterocycles.